The van der Waals surface area contributed by atoms with Gasteiger partial charge in [0.25, 0.3) is 0 Å². The molecule has 0 aliphatic carbocycles. The Bertz CT molecular complexity index is 313. The molecule has 1 N–H and O–H groups in total. The van der Waals surface area contributed by atoms with Crippen LogP contribution < -0.4 is 5.32 Å². The molecule has 2 unspecified atom stereocenters. The fraction of sp³-hybridized carbons (Fsp3) is 0.933. The average Bonchev–Trinajstić information content (AvgIpc) is 2.88. The first-order valence-electron chi connectivity index (χ1n) is 7.31. The molecule has 2 fully saturated rings. The summed E-state index contributed by atoms with van der Waals surface area (Å²) in [5, 5.41) is 3.44. The molecule has 104 valence electrons. The van der Waals surface area contributed by atoms with E-state index in [9.17, 15) is 4.79 Å². The molecule has 0 aromatic heterocycles. The molecular formula is C15H28N2O. The molecular weight excluding hydrogens is 224 g/mol. The van der Waals surface area contributed by atoms with Crippen molar-refractivity contribution in [3.63, 3.8) is 0 Å². The van der Waals surface area contributed by atoms with E-state index in [1.165, 1.54) is 12.8 Å². The van der Waals surface area contributed by atoms with Crippen LogP contribution in [0.3, 0.4) is 0 Å². The van der Waals surface area contributed by atoms with Gasteiger partial charge in [-0.3, -0.25) is 4.79 Å². The highest BCUT2D eigenvalue weighted by Crippen LogP contribution is 2.37. The summed E-state index contributed by atoms with van der Waals surface area (Å²) in [7, 11) is 0. The van der Waals surface area contributed by atoms with Gasteiger partial charge in [-0.1, -0.05) is 27.7 Å². The first-order valence-corrected chi connectivity index (χ1v) is 7.31. The molecule has 18 heavy (non-hydrogen) atoms. The zero-order valence-electron chi connectivity index (χ0n) is 12.4. The normalized spacial score (nSPS) is 30.1. The van der Waals surface area contributed by atoms with Gasteiger partial charge in [0, 0.05) is 31.5 Å². The predicted octanol–water partition coefficient (Wildman–Crippen LogP) is 2.27. The van der Waals surface area contributed by atoms with Crippen molar-refractivity contribution in [2.45, 2.75) is 47.0 Å². The highest BCUT2D eigenvalue weighted by molar-refractivity contribution is 5.76. The van der Waals surface area contributed by atoms with Gasteiger partial charge < -0.3 is 10.2 Å². The summed E-state index contributed by atoms with van der Waals surface area (Å²) in [5.41, 5.74) is 0.628. The van der Waals surface area contributed by atoms with Crippen LogP contribution in [0.15, 0.2) is 0 Å². The minimum Gasteiger partial charge on any atom is -0.342 e. The topological polar surface area (TPSA) is 32.3 Å². The van der Waals surface area contributed by atoms with Crippen LogP contribution in [0.1, 0.15) is 47.0 Å². The van der Waals surface area contributed by atoms with Gasteiger partial charge in [-0.05, 0) is 30.7 Å². The van der Waals surface area contributed by atoms with Gasteiger partial charge in [-0.2, -0.15) is 0 Å². The second-order valence-electron chi connectivity index (χ2n) is 7.46. The van der Waals surface area contributed by atoms with Crippen LogP contribution in [0.4, 0.5) is 0 Å². The SMILES string of the molecule is CC(CC(=O)N1CCC2(CCNC2)C1)C(C)(C)C. The van der Waals surface area contributed by atoms with E-state index in [4.69, 9.17) is 0 Å². The van der Waals surface area contributed by atoms with Crippen molar-refractivity contribution in [3.8, 4) is 0 Å². The van der Waals surface area contributed by atoms with Gasteiger partial charge in [0.15, 0.2) is 0 Å². The first-order chi connectivity index (χ1) is 8.32. The van der Waals surface area contributed by atoms with Crippen LogP contribution in [0.5, 0.6) is 0 Å². The van der Waals surface area contributed by atoms with Crippen LogP contribution >= 0.6 is 0 Å². The minimum absolute atomic E-state index is 0.224. The molecule has 2 rings (SSSR count). The van der Waals surface area contributed by atoms with E-state index in [0.717, 1.165) is 26.2 Å². The zero-order chi connectivity index (χ0) is 13.4. The molecule has 2 heterocycles. The Balaban J connectivity index is 1.88. The molecule has 0 saturated carbocycles. The Morgan fingerprint density at radius 1 is 1.39 bits per heavy atom. The average molecular weight is 252 g/mol. The second-order valence-corrected chi connectivity index (χ2v) is 7.46. The molecule has 1 spiro atoms. The van der Waals surface area contributed by atoms with Crippen molar-refractivity contribution < 1.29 is 4.79 Å². The molecule has 2 atom stereocenters. The lowest BCUT2D eigenvalue weighted by atomic mass is 9.80. The summed E-state index contributed by atoms with van der Waals surface area (Å²) < 4.78 is 0. The first kappa shape index (κ1) is 13.9. The van der Waals surface area contributed by atoms with Crippen LogP contribution in [-0.2, 0) is 4.79 Å². The molecule has 0 bridgehead atoms. The van der Waals surface area contributed by atoms with Gasteiger partial charge in [-0.15, -0.1) is 0 Å². The van der Waals surface area contributed by atoms with Crippen LogP contribution in [-0.4, -0.2) is 37.0 Å². The maximum absolute atomic E-state index is 12.3. The van der Waals surface area contributed by atoms with Crippen molar-refractivity contribution in [1.82, 2.24) is 10.2 Å². The highest BCUT2D eigenvalue weighted by Gasteiger charge is 2.42. The predicted molar refractivity (Wildman–Crippen MR) is 74.4 cm³/mol. The summed E-state index contributed by atoms with van der Waals surface area (Å²) in [6.45, 7) is 13.0. The Hall–Kier alpha value is -0.570. The fourth-order valence-electron chi connectivity index (χ4n) is 2.99. The number of rotatable bonds is 2. The lowest BCUT2D eigenvalue weighted by molar-refractivity contribution is -0.132. The molecule has 3 nitrogen and oxygen atoms in total. The van der Waals surface area contributed by atoms with Gasteiger partial charge in [0.05, 0.1) is 0 Å². The lowest BCUT2D eigenvalue weighted by Crippen LogP contribution is -2.35. The Morgan fingerprint density at radius 3 is 2.67 bits per heavy atom. The number of carbonyl (C=O) groups excluding carboxylic acids is 1. The standard InChI is InChI=1S/C15H28N2O/c1-12(14(2,3)4)9-13(18)17-8-6-15(11-17)5-7-16-10-15/h12,16H,5-11H2,1-4H3. The number of nitrogens with one attached hydrogen (secondary N) is 1. The smallest absolute Gasteiger partial charge is 0.222 e. The number of carbonyl (C=O) groups is 1. The third kappa shape index (κ3) is 2.87. The number of hydrogen-bond donors (Lipinski definition) is 1. The summed E-state index contributed by atoms with van der Waals surface area (Å²) in [5.74, 6) is 0.810. The van der Waals surface area contributed by atoms with E-state index >= 15 is 0 Å². The van der Waals surface area contributed by atoms with Crippen LogP contribution in [0.25, 0.3) is 0 Å². The summed E-state index contributed by atoms with van der Waals surface area (Å²) in [6.07, 6.45) is 3.13. The Kier molecular flexibility index (Phi) is 3.72. The number of likely N-dealkylation sites (tertiary alicyclic amines) is 1. The summed E-state index contributed by atoms with van der Waals surface area (Å²) >= 11 is 0. The van der Waals surface area contributed by atoms with E-state index in [1.807, 2.05) is 0 Å². The second kappa shape index (κ2) is 4.84. The quantitative estimate of drug-likeness (QED) is 0.817. The van der Waals surface area contributed by atoms with E-state index in [1.54, 1.807) is 0 Å². The van der Waals surface area contributed by atoms with Gasteiger partial charge in [0.1, 0.15) is 0 Å². The van der Waals surface area contributed by atoms with Gasteiger partial charge in [0.2, 0.25) is 5.91 Å². The zero-order valence-corrected chi connectivity index (χ0v) is 12.4. The van der Waals surface area contributed by atoms with E-state index in [-0.39, 0.29) is 5.41 Å². The number of nitrogens with zero attached hydrogens (tertiary/aromatic N) is 1. The van der Waals surface area contributed by atoms with E-state index in [0.29, 0.717) is 23.7 Å². The van der Waals surface area contributed by atoms with Crippen LogP contribution in [0, 0.1) is 16.7 Å². The minimum atomic E-state index is 0.224. The maximum atomic E-state index is 12.3. The van der Waals surface area contributed by atoms with Crippen molar-refractivity contribution >= 4 is 5.91 Å². The monoisotopic (exact) mass is 252 g/mol. The van der Waals surface area contributed by atoms with E-state index < -0.39 is 0 Å². The molecule has 2 saturated heterocycles. The molecule has 0 aromatic carbocycles. The van der Waals surface area contributed by atoms with Gasteiger partial charge >= 0.3 is 0 Å². The summed E-state index contributed by atoms with van der Waals surface area (Å²) in [4.78, 5) is 14.5. The molecule has 3 heteroatoms. The molecule has 0 aromatic rings. The van der Waals surface area contributed by atoms with E-state index in [2.05, 4.69) is 37.9 Å². The van der Waals surface area contributed by atoms with Crippen molar-refractivity contribution in [2.75, 3.05) is 26.2 Å². The largest absolute Gasteiger partial charge is 0.342 e. The van der Waals surface area contributed by atoms with Crippen molar-refractivity contribution in [2.24, 2.45) is 16.7 Å². The molecule has 2 aliphatic rings. The third-order valence-corrected chi connectivity index (χ3v) is 5.08. The Morgan fingerprint density at radius 2 is 2.11 bits per heavy atom. The molecule has 1 amide bonds. The number of amides is 1. The maximum Gasteiger partial charge on any atom is 0.222 e. The van der Waals surface area contributed by atoms with Crippen molar-refractivity contribution in [3.05, 3.63) is 0 Å². The molecule has 2 aliphatic heterocycles. The molecule has 0 radical (unpaired) electrons. The van der Waals surface area contributed by atoms with Crippen molar-refractivity contribution in [1.29, 1.82) is 0 Å². The lowest BCUT2D eigenvalue weighted by Gasteiger charge is -2.29. The van der Waals surface area contributed by atoms with Gasteiger partial charge in [-0.25, -0.2) is 0 Å². The fourth-order valence-corrected chi connectivity index (χ4v) is 2.99. The third-order valence-electron chi connectivity index (χ3n) is 5.08. The highest BCUT2D eigenvalue weighted by atomic mass is 16.2. The summed E-state index contributed by atoms with van der Waals surface area (Å²) in [6, 6.07) is 0. The Labute approximate surface area is 111 Å². The number of hydrogen-bond acceptors (Lipinski definition) is 2. The van der Waals surface area contributed by atoms with Crippen LogP contribution in [0.2, 0.25) is 0 Å².